The van der Waals surface area contributed by atoms with Gasteiger partial charge in [-0.05, 0) is 0 Å². The van der Waals surface area contributed by atoms with E-state index in [9.17, 15) is 4.79 Å². The molecule has 0 spiro atoms. The number of fused-ring (bicyclic) bond motifs is 1. The summed E-state index contributed by atoms with van der Waals surface area (Å²) in [5.41, 5.74) is 1.50. The molecule has 2 radical (unpaired) electrons. The molecule has 1 amide bonds. The van der Waals surface area contributed by atoms with Crippen LogP contribution in [0.15, 0.2) is 18.2 Å². The van der Waals surface area contributed by atoms with Crippen molar-refractivity contribution in [2.45, 2.75) is 76.9 Å². The van der Waals surface area contributed by atoms with Crippen molar-refractivity contribution in [3.63, 3.8) is 0 Å². The molecule has 1 atom stereocenters. The Balaban J connectivity index is 2.35. The number of carbonyl (C=O) groups excluding carboxylic acids is 1. The molecule has 2 rings (SSSR count). The average molecular weight is 492 g/mol. The van der Waals surface area contributed by atoms with E-state index in [1.807, 2.05) is 20.8 Å². The number of rotatable bonds is 5. The van der Waals surface area contributed by atoms with Crippen molar-refractivity contribution in [2.75, 3.05) is 7.05 Å². The zero-order valence-corrected chi connectivity index (χ0v) is 21.7. The second-order valence-electron chi connectivity index (χ2n) is 9.97. The molecular weight excluding hydrogens is 457 g/mol. The normalized spacial score (nSPS) is 13.8. The Morgan fingerprint density at radius 3 is 2.39 bits per heavy atom. The molecule has 28 heavy (non-hydrogen) atoms. The number of aromatic amines is 1. The molecule has 0 aliphatic rings. The summed E-state index contributed by atoms with van der Waals surface area (Å²) in [4.78, 5) is 22.6. The average Bonchev–Trinajstić information content (AvgIpc) is 2.91. The third-order valence-electron chi connectivity index (χ3n) is 4.18. The van der Waals surface area contributed by atoms with E-state index in [4.69, 9.17) is 9.72 Å². The molecule has 1 aromatic carbocycles. The molecule has 2 aromatic rings. The Kier molecular flexibility index (Phi) is 7.11. The molecule has 0 unspecified atom stereocenters. The maximum absolute atomic E-state index is 12.6. The molecule has 1 heterocycles. The van der Waals surface area contributed by atoms with Gasteiger partial charge in [0, 0.05) is 0 Å². The first kappa shape index (κ1) is 23.0. The Hall–Kier alpha value is -1.24. The van der Waals surface area contributed by atoms with Crippen molar-refractivity contribution in [1.29, 1.82) is 0 Å². The summed E-state index contributed by atoms with van der Waals surface area (Å²) in [5, 5.41) is 0. The van der Waals surface area contributed by atoms with Crippen molar-refractivity contribution in [3.05, 3.63) is 24.0 Å². The van der Waals surface area contributed by atoms with Crippen molar-refractivity contribution in [1.82, 2.24) is 14.9 Å². The molecule has 6 heteroatoms. The van der Waals surface area contributed by atoms with E-state index in [0.717, 1.165) is 23.3 Å². The molecule has 1 N–H and O–H groups in total. The molecule has 0 bridgehead atoms. The number of imidazole rings is 1. The molecular formula is C22H35N3O2Sn. The van der Waals surface area contributed by atoms with Gasteiger partial charge in [-0.2, -0.15) is 0 Å². The van der Waals surface area contributed by atoms with Gasteiger partial charge in [0.25, 0.3) is 0 Å². The summed E-state index contributed by atoms with van der Waals surface area (Å²) in [7, 11) is 1.80. The number of H-pyrrole nitrogens is 1. The second kappa shape index (κ2) is 8.64. The number of carbonyl (C=O) groups is 1. The Morgan fingerprint density at radius 2 is 1.86 bits per heavy atom. The van der Waals surface area contributed by atoms with Gasteiger partial charge in [-0.15, -0.1) is 0 Å². The summed E-state index contributed by atoms with van der Waals surface area (Å²) < 4.78 is 7.44. The first-order valence-corrected chi connectivity index (χ1v) is 12.8. The number of ether oxygens (including phenoxy) is 1. The maximum atomic E-state index is 12.6. The van der Waals surface area contributed by atoms with Crippen LogP contribution in [0.1, 0.15) is 73.7 Å². The van der Waals surface area contributed by atoms with Gasteiger partial charge in [-0.1, -0.05) is 0 Å². The van der Waals surface area contributed by atoms with E-state index in [-0.39, 0.29) is 12.1 Å². The monoisotopic (exact) mass is 493 g/mol. The minimum atomic E-state index is -0.678. The van der Waals surface area contributed by atoms with Crippen LogP contribution in [-0.4, -0.2) is 54.8 Å². The topological polar surface area (TPSA) is 58.2 Å². The Labute approximate surface area is 179 Å². The molecule has 0 aliphatic carbocycles. The SMILES string of the molecule is CC(C)C[C@H](c1nc2cc[c]([Sn][C](C)(C)C)cc2[nH]1)N(C)C(=O)OC(C)(C)C. The summed E-state index contributed by atoms with van der Waals surface area (Å²) in [5.74, 6) is 1.25. The third-order valence-corrected chi connectivity index (χ3v) is 8.03. The molecule has 154 valence electrons. The summed E-state index contributed by atoms with van der Waals surface area (Å²) in [6.07, 6.45) is 0.502. The zero-order chi connectivity index (χ0) is 21.3. The summed E-state index contributed by atoms with van der Waals surface area (Å²) in [6, 6.07) is 6.44. The first-order chi connectivity index (χ1) is 12.7. The quantitative estimate of drug-likeness (QED) is 0.594. The fraction of sp³-hybridized carbons (Fsp3) is 0.636. The van der Waals surface area contributed by atoms with E-state index in [0.29, 0.717) is 9.35 Å². The van der Waals surface area contributed by atoms with Crippen molar-refractivity contribution >= 4 is 41.8 Å². The van der Waals surface area contributed by atoms with E-state index < -0.39 is 26.7 Å². The fourth-order valence-electron chi connectivity index (χ4n) is 3.06. The number of aromatic nitrogens is 2. The van der Waals surface area contributed by atoms with Gasteiger partial charge >= 0.3 is 180 Å². The van der Waals surface area contributed by atoms with Crippen LogP contribution >= 0.6 is 0 Å². The van der Waals surface area contributed by atoms with Crippen LogP contribution in [0, 0.1) is 5.92 Å². The van der Waals surface area contributed by atoms with Gasteiger partial charge in [0.05, 0.1) is 0 Å². The fourth-order valence-corrected chi connectivity index (χ4v) is 6.62. The first-order valence-electron chi connectivity index (χ1n) is 9.99. The predicted molar refractivity (Wildman–Crippen MR) is 117 cm³/mol. The van der Waals surface area contributed by atoms with Gasteiger partial charge in [0.15, 0.2) is 0 Å². The van der Waals surface area contributed by atoms with Crippen LogP contribution < -0.4 is 3.58 Å². The van der Waals surface area contributed by atoms with E-state index >= 15 is 0 Å². The number of amides is 1. The third kappa shape index (κ3) is 6.67. The van der Waals surface area contributed by atoms with E-state index in [1.54, 1.807) is 11.9 Å². The van der Waals surface area contributed by atoms with Crippen LogP contribution in [0.4, 0.5) is 4.79 Å². The number of hydrogen-bond donors (Lipinski definition) is 1. The molecule has 1 aromatic heterocycles. The van der Waals surface area contributed by atoms with Crippen molar-refractivity contribution in [3.8, 4) is 0 Å². The molecule has 0 fully saturated rings. The second-order valence-corrected chi connectivity index (χ2v) is 16.6. The molecule has 5 nitrogen and oxygen atoms in total. The van der Waals surface area contributed by atoms with E-state index in [2.05, 4.69) is 57.8 Å². The number of nitrogens with one attached hydrogen (secondary N) is 1. The van der Waals surface area contributed by atoms with Gasteiger partial charge in [-0.25, -0.2) is 0 Å². The van der Waals surface area contributed by atoms with Crippen molar-refractivity contribution in [2.24, 2.45) is 5.92 Å². The van der Waals surface area contributed by atoms with Crippen molar-refractivity contribution < 1.29 is 9.53 Å². The number of benzene rings is 1. The van der Waals surface area contributed by atoms with Crippen LogP contribution in [0.25, 0.3) is 11.0 Å². The summed E-state index contributed by atoms with van der Waals surface area (Å²) in [6.45, 7) is 16.9. The predicted octanol–water partition coefficient (Wildman–Crippen LogP) is 5.06. The van der Waals surface area contributed by atoms with Crippen LogP contribution in [-0.2, 0) is 4.74 Å². The Morgan fingerprint density at radius 1 is 1.21 bits per heavy atom. The van der Waals surface area contributed by atoms with Gasteiger partial charge in [-0.3, -0.25) is 0 Å². The standard InChI is InChI=1S/C18H26N3O2.C4H9.Sn/c1-12(2)11-15(21(6)17(22)23-18(3,4)5)16-19-13-9-7-8-10-14(13)20-16;1-4(2)3;/h7,9-10,12,15H,11H2,1-6H3,(H,19,20);1-3H3;/t15-;;/m1../s1. The molecule has 0 saturated heterocycles. The Bertz CT molecular complexity index is 815. The van der Waals surface area contributed by atoms with E-state index in [1.165, 1.54) is 3.58 Å². The van der Waals surface area contributed by atoms with Gasteiger partial charge in [0.2, 0.25) is 0 Å². The van der Waals surface area contributed by atoms with Gasteiger partial charge < -0.3 is 0 Å². The van der Waals surface area contributed by atoms with Crippen LogP contribution in [0.2, 0.25) is 3.43 Å². The summed E-state index contributed by atoms with van der Waals surface area (Å²) >= 11 is -0.678. The molecule has 0 saturated carbocycles. The molecule has 0 aliphatic heterocycles. The van der Waals surface area contributed by atoms with Gasteiger partial charge in [0.1, 0.15) is 0 Å². The van der Waals surface area contributed by atoms with Crippen LogP contribution in [0.5, 0.6) is 0 Å². The number of nitrogens with zero attached hydrogens (tertiary/aromatic N) is 2. The minimum absolute atomic E-state index is 0.145. The van der Waals surface area contributed by atoms with Crippen LogP contribution in [0.3, 0.4) is 0 Å². The zero-order valence-electron chi connectivity index (χ0n) is 18.8. The number of hydrogen-bond acceptors (Lipinski definition) is 3.